The number of sulfonamides is 1. The second kappa shape index (κ2) is 9.38. The molecular weight excluding hydrogens is 424 g/mol. The fourth-order valence-electron chi connectivity index (χ4n) is 3.41. The van der Waals surface area contributed by atoms with E-state index in [2.05, 4.69) is 5.48 Å². The molecule has 0 aromatic heterocycles. The summed E-state index contributed by atoms with van der Waals surface area (Å²) in [4.78, 5) is 17.6. The molecule has 0 saturated carbocycles. The molecule has 2 aromatic carbocycles. The highest BCUT2D eigenvalue weighted by Gasteiger charge is 2.46. The summed E-state index contributed by atoms with van der Waals surface area (Å²) in [7, 11) is -2.58. The van der Waals surface area contributed by atoms with Crippen LogP contribution < -0.4 is 10.2 Å². The minimum atomic E-state index is -3.91. The number of hydrogen-bond donors (Lipinski definition) is 1. The number of carbonyl (C=O) groups excluding carboxylic acids is 1. The van der Waals surface area contributed by atoms with Crippen molar-refractivity contribution in [2.75, 3.05) is 19.4 Å². The van der Waals surface area contributed by atoms with E-state index in [0.717, 1.165) is 5.75 Å². The van der Waals surface area contributed by atoms with E-state index in [1.165, 1.54) is 23.5 Å². The lowest BCUT2D eigenvalue weighted by Gasteiger charge is -2.37. The van der Waals surface area contributed by atoms with Crippen LogP contribution >= 0.6 is 11.8 Å². The highest BCUT2D eigenvalue weighted by Crippen LogP contribution is 2.37. The van der Waals surface area contributed by atoms with Crippen LogP contribution in [0.25, 0.3) is 0 Å². The van der Waals surface area contributed by atoms with Crippen LogP contribution in [0.1, 0.15) is 20.3 Å². The molecule has 1 heterocycles. The van der Waals surface area contributed by atoms with Crippen LogP contribution in [0.4, 0.5) is 0 Å². The molecule has 2 aromatic rings. The van der Waals surface area contributed by atoms with Gasteiger partial charge in [0.1, 0.15) is 17.5 Å². The van der Waals surface area contributed by atoms with E-state index < -0.39 is 26.7 Å². The summed E-state index contributed by atoms with van der Waals surface area (Å²) in [5.41, 5.74) is 2.31. The Labute approximate surface area is 181 Å². The lowest BCUT2D eigenvalue weighted by molar-refractivity contribution is -0.136. The third kappa shape index (κ3) is 4.97. The Morgan fingerprint density at radius 2 is 1.73 bits per heavy atom. The van der Waals surface area contributed by atoms with Crippen molar-refractivity contribution in [3.05, 3.63) is 54.6 Å². The summed E-state index contributed by atoms with van der Waals surface area (Å²) in [6, 6.07) is 14.6. The summed E-state index contributed by atoms with van der Waals surface area (Å²) < 4.78 is 33.4. The maximum absolute atomic E-state index is 13.5. The van der Waals surface area contributed by atoms with Crippen LogP contribution in [0.15, 0.2) is 59.5 Å². The van der Waals surface area contributed by atoms with Gasteiger partial charge in [0.2, 0.25) is 10.0 Å². The van der Waals surface area contributed by atoms with E-state index in [9.17, 15) is 13.2 Å². The number of nitrogens with one attached hydrogen (secondary N) is 1. The number of amides is 1. The predicted molar refractivity (Wildman–Crippen MR) is 117 cm³/mol. The molecular formula is C21H26N2O5S2. The Morgan fingerprint density at radius 3 is 2.37 bits per heavy atom. The first-order valence-corrected chi connectivity index (χ1v) is 12.0. The molecule has 0 unspecified atom stereocenters. The maximum Gasteiger partial charge on any atom is 0.263 e. The van der Waals surface area contributed by atoms with Crippen LogP contribution in [0, 0.1) is 0 Å². The largest absolute Gasteiger partial charge is 0.457 e. The molecule has 1 fully saturated rings. The number of nitrogens with zero attached hydrogens (tertiary/aromatic N) is 1. The molecule has 0 spiro atoms. The van der Waals surface area contributed by atoms with Crippen LogP contribution in [-0.4, -0.2) is 48.8 Å². The Hall–Kier alpha value is -2.07. The van der Waals surface area contributed by atoms with Crippen molar-refractivity contribution in [1.82, 2.24) is 9.79 Å². The van der Waals surface area contributed by atoms with Gasteiger partial charge in [-0.15, -0.1) is 0 Å². The Bertz CT molecular complexity index is 963. The minimum Gasteiger partial charge on any atom is -0.457 e. The van der Waals surface area contributed by atoms with Gasteiger partial charge in [-0.2, -0.15) is 16.1 Å². The average Bonchev–Trinajstić information content (AvgIpc) is 2.87. The van der Waals surface area contributed by atoms with E-state index in [1.54, 1.807) is 23.9 Å². The molecule has 9 heteroatoms. The van der Waals surface area contributed by atoms with Crippen LogP contribution in [0.5, 0.6) is 11.5 Å². The van der Waals surface area contributed by atoms with Crippen molar-refractivity contribution in [2.24, 2.45) is 0 Å². The average molecular weight is 451 g/mol. The number of hydrogen-bond acceptors (Lipinski definition) is 6. The number of carbonyl (C=O) groups is 1. The standard InChI is InChI=1S/C21H26N2O5S2/c1-21(2)19(20(24)22-27-3)23(14-7-15-29-21)30(25,26)18-12-10-17(11-13-18)28-16-8-5-4-6-9-16/h4-6,8-13,19H,7,14-15H2,1-3H3,(H,22,24)/t19-/m0/s1. The van der Waals surface area contributed by atoms with Gasteiger partial charge < -0.3 is 4.74 Å². The number of thioether (sulfide) groups is 1. The lowest BCUT2D eigenvalue weighted by Crippen LogP contribution is -2.57. The zero-order chi connectivity index (χ0) is 21.8. The van der Waals surface area contributed by atoms with Crippen molar-refractivity contribution in [2.45, 2.75) is 36.0 Å². The SMILES string of the molecule is CONC(=O)[C@@H]1N(S(=O)(=O)c2ccc(Oc3ccccc3)cc2)CCCSC1(C)C. The normalized spacial score (nSPS) is 19.6. The molecule has 0 aliphatic carbocycles. The van der Waals surface area contributed by atoms with E-state index in [-0.39, 0.29) is 11.4 Å². The van der Waals surface area contributed by atoms with Crippen molar-refractivity contribution in [1.29, 1.82) is 0 Å². The van der Waals surface area contributed by atoms with Gasteiger partial charge in [0, 0.05) is 11.3 Å². The molecule has 3 rings (SSSR count). The van der Waals surface area contributed by atoms with Crippen molar-refractivity contribution in [3.63, 3.8) is 0 Å². The fraction of sp³-hybridized carbons (Fsp3) is 0.381. The molecule has 1 aliphatic rings. The molecule has 162 valence electrons. The fourth-order valence-corrected chi connectivity index (χ4v) is 6.43. The molecule has 1 aliphatic heterocycles. The second-order valence-corrected chi connectivity index (χ2v) is 11.0. The number of para-hydroxylation sites is 1. The Kier molecular flexibility index (Phi) is 7.07. The summed E-state index contributed by atoms with van der Waals surface area (Å²) in [6.45, 7) is 4.01. The smallest absolute Gasteiger partial charge is 0.263 e. The molecule has 1 amide bonds. The third-order valence-corrected chi connectivity index (χ3v) is 8.14. The Morgan fingerprint density at radius 1 is 1.10 bits per heavy atom. The van der Waals surface area contributed by atoms with E-state index >= 15 is 0 Å². The zero-order valence-corrected chi connectivity index (χ0v) is 18.8. The van der Waals surface area contributed by atoms with E-state index in [4.69, 9.17) is 9.57 Å². The van der Waals surface area contributed by atoms with Crippen LogP contribution in [0.2, 0.25) is 0 Å². The predicted octanol–water partition coefficient (Wildman–Crippen LogP) is 3.43. The second-order valence-electron chi connectivity index (χ2n) is 7.38. The summed E-state index contributed by atoms with van der Waals surface area (Å²) in [5.74, 6) is 1.47. The topological polar surface area (TPSA) is 84.9 Å². The number of rotatable bonds is 6. The van der Waals surface area contributed by atoms with Gasteiger partial charge in [-0.25, -0.2) is 13.9 Å². The first-order valence-electron chi connectivity index (χ1n) is 9.57. The monoisotopic (exact) mass is 450 g/mol. The highest BCUT2D eigenvalue weighted by molar-refractivity contribution is 8.00. The molecule has 1 saturated heterocycles. The molecule has 30 heavy (non-hydrogen) atoms. The van der Waals surface area contributed by atoms with Gasteiger partial charge in [-0.05, 0) is 62.4 Å². The first-order chi connectivity index (χ1) is 14.3. The quantitative estimate of drug-likeness (QED) is 0.679. The maximum atomic E-state index is 13.5. The molecule has 0 bridgehead atoms. The molecule has 1 atom stereocenters. The van der Waals surface area contributed by atoms with Crippen molar-refractivity contribution in [3.8, 4) is 11.5 Å². The summed E-state index contributed by atoms with van der Waals surface area (Å²) >= 11 is 1.58. The number of hydroxylamine groups is 1. The van der Waals surface area contributed by atoms with Gasteiger partial charge in [0.25, 0.3) is 5.91 Å². The van der Waals surface area contributed by atoms with Gasteiger partial charge in [-0.3, -0.25) is 9.63 Å². The van der Waals surface area contributed by atoms with Gasteiger partial charge >= 0.3 is 0 Å². The minimum absolute atomic E-state index is 0.112. The van der Waals surface area contributed by atoms with E-state index in [0.29, 0.717) is 17.9 Å². The summed E-state index contributed by atoms with van der Waals surface area (Å²) in [6.07, 6.45) is 0.652. The summed E-state index contributed by atoms with van der Waals surface area (Å²) in [5, 5.41) is 0. The van der Waals surface area contributed by atoms with Gasteiger partial charge in [-0.1, -0.05) is 18.2 Å². The highest BCUT2D eigenvalue weighted by atomic mass is 32.2. The number of benzene rings is 2. The lowest BCUT2D eigenvalue weighted by atomic mass is 10.0. The van der Waals surface area contributed by atoms with Crippen LogP contribution in [0.3, 0.4) is 0 Å². The van der Waals surface area contributed by atoms with Crippen molar-refractivity contribution < 1.29 is 22.8 Å². The van der Waals surface area contributed by atoms with Gasteiger partial charge in [0.05, 0.1) is 12.0 Å². The third-order valence-electron chi connectivity index (χ3n) is 4.80. The zero-order valence-electron chi connectivity index (χ0n) is 17.2. The molecule has 7 nitrogen and oxygen atoms in total. The molecule has 1 N–H and O–H groups in total. The van der Waals surface area contributed by atoms with Crippen molar-refractivity contribution >= 4 is 27.7 Å². The Balaban J connectivity index is 1.90. The van der Waals surface area contributed by atoms with E-state index in [1.807, 2.05) is 44.2 Å². The van der Waals surface area contributed by atoms with Crippen LogP contribution in [-0.2, 0) is 19.7 Å². The molecule has 0 radical (unpaired) electrons. The number of ether oxygens (including phenoxy) is 1. The van der Waals surface area contributed by atoms with Gasteiger partial charge in [0.15, 0.2) is 0 Å². The first kappa shape index (κ1) is 22.6.